The van der Waals surface area contributed by atoms with Crippen LogP contribution in [0.3, 0.4) is 0 Å². The van der Waals surface area contributed by atoms with Gasteiger partial charge in [0.1, 0.15) is 12.4 Å². The molecule has 0 aromatic heterocycles. The molecule has 2 aromatic carbocycles. The second-order valence-electron chi connectivity index (χ2n) is 8.27. The largest absolute Gasteiger partial charge is 0.465 e. The minimum absolute atomic E-state index is 0.152. The van der Waals surface area contributed by atoms with Gasteiger partial charge in [-0.2, -0.15) is 13.2 Å². The van der Waals surface area contributed by atoms with E-state index in [4.69, 9.17) is 5.73 Å². The van der Waals surface area contributed by atoms with Gasteiger partial charge in [-0.1, -0.05) is 12.1 Å². The van der Waals surface area contributed by atoms with Crippen molar-refractivity contribution in [3.63, 3.8) is 0 Å². The summed E-state index contributed by atoms with van der Waals surface area (Å²) in [6.45, 7) is -1.65. The Labute approximate surface area is 195 Å². The van der Waals surface area contributed by atoms with Gasteiger partial charge >= 0.3 is 12.3 Å². The van der Waals surface area contributed by atoms with Gasteiger partial charge in [0, 0.05) is 12.1 Å². The molecule has 13 heteroatoms. The number of primary amides is 1. The highest BCUT2D eigenvalue weighted by molar-refractivity contribution is 6.10. The maximum Gasteiger partial charge on any atom is 0.416 e. The number of alkyl halides is 3. The first-order valence-corrected chi connectivity index (χ1v) is 10.2. The third-order valence-electron chi connectivity index (χ3n) is 6.07. The van der Waals surface area contributed by atoms with Crippen molar-refractivity contribution < 1.29 is 41.8 Å². The summed E-state index contributed by atoms with van der Waals surface area (Å²) in [4.78, 5) is 52.2. The van der Waals surface area contributed by atoms with Crippen molar-refractivity contribution in [2.45, 2.75) is 18.3 Å². The van der Waals surface area contributed by atoms with Crippen molar-refractivity contribution in [1.82, 2.24) is 9.80 Å². The van der Waals surface area contributed by atoms with Crippen LogP contribution in [0.4, 0.5) is 28.0 Å². The fourth-order valence-electron chi connectivity index (χ4n) is 4.22. The molecular formula is C22H18F4N4O5. The standard InChI is InChI=1S/C22H18F4N4O5/c23-15-7-13(18(27)32)3-6-16(15)29-9-17(31)30(21(19(29)33)10-28(11-21)20(34)35)8-12-1-4-14(5-2-12)22(24,25)26/h1-7H,8-11H2,(H2,27,32)(H,34,35). The quantitative estimate of drug-likeness (QED) is 0.630. The van der Waals surface area contributed by atoms with Gasteiger partial charge in [0.2, 0.25) is 11.8 Å². The lowest BCUT2D eigenvalue weighted by atomic mass is 9.83. The number of benzene rings is 2. The number of halogens is 4. The molecule has 2 aliphatic heterocycles. The Morgan fingerprint density at radius 3 is 2.20 bits per heavy atom. The van der Waals surface area contributed by atoms with E-state index in [-0.39, 0.29) is 23.4 Å². The second-order valence-corrected chi connectivity index (χ2v) is 8.27. The van der Waals surface area contributed by atoms with E-state index in [1.807, 2.05) is 0 Å². The number of rotatable bonds is 4. The van der Waals surface area contributed by atoms with Crippen LogP contribution in [0.25, 0.3) is 0 Å². The van der Waals surface area contributed by atoms with Crippen molar-refractivity contribution in [3.05, 3.63) is 65.0 Å². The molecule has 3 N–H and O–H groups in total. The number of carboxylic acid groups (broad SMARTS) is 1. The van der Waals surface area contributed by atoms with Gasteiger partial charge in [0.05, 0.1) is 24.3 Å². The lowest BCUT2D eigenvalue weighted by molar-refractivity contribution is -0.162. The first kappa shape index (κ1) is 24.0. The Bertz CT molecular complexity index is 1230. The number of hydrogen-bond donors (Lipinski definition) is 2. The van der Waals surface area contributed by atoms with Crippen LogP contribution in [-0.4, -0.2) is 63.9 Å². The van der Waals surface area contributed by atoms with Crippen molar-refractivity contribution in [1.29, 1.82) is 0 Å². The molecule has 0 saturated carbocycles. The SMILES string of the molecule is NC(=O)c1ccc(N2CC(=O)N(Cc3ccc(C(F)(F)F)cc3)C3(CN(C(=O)O)C3)C2=O)c(F)c1. The summed E-state index contributed by atoms with van der Waals surface area (Å²) in [5.41, 5.74) is 2.41. The first-order chi connectivity index (χ1) is 16.3. The van der Waals surface area contributed by atoms with E-state index < -0.39 is 66.5 Å². The van der Waals surface area contributed by atoms with E-state index >= 15 is 0 Å². The van der Waals surface area contributed by atoms with Crippen LogP contribution in [0.15, 0.2) is 42.5 Å². The maximum atomic E-state index is 14.7. The van der Waals surface area contributed by atoms with E-state index in [2.05, 4.69) is 0 Å². The molecule has 2 aliphatic rings. The molecule has 184 valence electrons. The number of nitrogens with zero attached hydrogens (tertiary/aromatic N) is 3. The predicted octanol–water partition coefficient (Wildman–Crippen LogP) is 2.05. The molecule has 0 atom stereocenters. The van der Waals surface area contributed by atoms with Crippen LogP contribution in [0.1, 0.15) is 21.5 Å². The van der Waals surface area contributed by atoms with E-state index in [9.17, 15) is 41.8 Å². The second kappa shape index (κ2) is 8.25. The molecule has 0 aliphatic carbocycles. The predicted molar refractivity (Wildman–Crippen MR) is 112 cm³/mol. The van der Waals surface area contributed by atoms with Crippen molar-refractivity contribution in [2.24, 2.45) is 5.73 Å². The first-order valence-electron chi connectivity index (χ1n) is 10.2. The average molecular weight is 494 g/mol. The van der Waals surface area contributed by atoms with Gasteiger partial charge in [-0.15, -0.1) is 0 Å². The molecule has 0 radical (unpaired) electrons. The number of likely N-dealkylation sites (tertiary alicyclic amines) is 1. The Morgan fingerprint density at radius 1 is 1.06 bits per heavy atom. The van der Waals surface area contributed by atoms with E-state index in [1.54, 1.807) is 0 Å². The summed E-state index contributed by atoms with van der Waals surface area (Å²) in [6, 6.07) is 7.13. The molecule has 1 spiro atoms. The topological polar surface area (TPSA) is 124 Å². The molecule has 2 saturated heterocycles. The van der Waals surface area contributed by atoms with Gasteiger partial charge in [-0.05, 0) is 35.9 Å². The minimum atomic E-state index is -4.55. The molecule has 0 unspecified atom stereocenters. The Hall–Kier alpha value is -4.16. The molecule has 0 bridgehead atoms. The average Bonchev–Trinajstić information content (AvgIpc) is 2.74. The summed E-state index contributed by atoms with van der Waals surface area (Å²) >= 11 is 0. The van der Waals surface area contributed by atoms with Crippen LogP contribution in [0, 0.1) is 5.82 Å². The summed E-state index contributed by atoms with van der Waals surface area (Å²) in [6.07, 6.45) is -5.89. The van der Waals surface area contributed by atoms with Crippen LogP contribution in [0.5, 0.6) is 0 Å². The molecule has 2 heterocycles. The van der Waals surface area contributed by atoms with E-state index in [0.717, 1.165) is 51.1 Å². The van der Waals surface area contributed by atoms with Crippen molar-refractivity contribution in [3.8, 4) is 0 Å². The number of hydrogen-bond acceptors (Lipinski definition) is 4. The highest BCUT2D eigenvalue weighted by Crippen LogP contribution is 2.38. The Balaban J connectivity index is 1.67. The van der Waals surface area contributed by atoms with Crippen molar-refractivity contribution >= 4 is 29.5 Å². The zero-order valence-electron chi connectivity index (χ0n) is 17.9. The monoisotopic (exact) mass is 494 g/mol. The maximum absolute atomic E-state index is 14.7. The molecule has 4 amide bonds. The number of nitrogens with two attached hydrogens (primary N) is 1. The van der Waals surface area contributed by atoms with Gasteiger partial charge in [-0.25, -0.2) is 9.18 Å². The Morgan fingerprint density at radius 2 is 1.69 bits per heavy atom. The molecular weight excluding hydrogens is 476 g/mol. The third-order valence-corrected chi connectivity index (χ3v) is 6.07. The highest BCUT2D eigenvalue weighted by Gasteiger charge is 2.61. The fraction of sp³-hybridized carbons (Fsp3) is 0.273. The molecule has 2 fully saturated rings. The van der Waals surface area contributed by atoms with Crippen LogP contribution in [-0.2, 0) is 22.3 Å². The smallest absolute Gasteiger partial charge is 0.416 e. The van der Waals surface area contributed by atoms with Crippen LogP contribution in [0.2, 0.25) is 0 Å². The number of carbonyl (C=O) groups excluding carboxylic acids is 3. The zero-order chi connectivity index (χ0) is 25.7. The highest BCUT2D eigenvalue weighted by atomic mass is 19.4. The number of amides is 4. The van der Waals surface area contributed by atoms with E-state index in [1.165, 1.54) is 6.07 Å². The zero-order valence-corrected chi connectivity index (χ0v) is 17.9. The molecule has 9 nitrogen and oxygen atoms in total. The lowest BCUT2D eigenvalue weighted by Gasteiger charge is -2.57. The van der Waals surface area contributed by atoms with Gasteiger partial charge in [0.25, 0.3) is 5.91 Å². The summed E-state index contributed by atoms with van der Waals surface area (Å²) in [7, 11) is 0. The van der Waals surface area contributed by atoms with E-state index in [0.29, 0.717) is 0 Å². The Kier molecular flexibility index (Phi) is 5.65. The number of piperazine rings is 1. The van der Waals surface area contributed by atoms with Crippen LogP contribution < -0.4 is 10.6 Å². The molecule has 2 aromatic rings. The van der Waals surface area contributed by atoms with Gasteiger partial charge in [0.15, 0.2) is 5.54 Å². The summed E-state index contributed by atoms with van der Waals surface area (Å²) in [5, 5.41) is 9.28. The summed E-state index contributed by atoms with van der Waals surface area (Å²) < 4.78 is 53.3. The normalized spacial score (nSPS) is 17.5. The third kappa shape index (κ3) is 4.13. The fourth-order valence-corrected chi connectivity index (χ4v) is 4.22. The number of carbonyl (C=O) groups is 4. The molecule has 4 rings (SSSR count). The summed E-state index contributed by atoms with van der Waals surface area (Å²) in [5.74, 6) is -3.30. The van der Waals surface area contributed by atoms with Crippen LogP contribution >= 0.6 is 0 Å². The van der Waals surface area contributed by atoms with Gasteiger partial charge in [-0.3, -0.25) is 19.3 Å². The lowest BCUT2D eigenvalue weighted by Crippen LogP contribution is -2.81. The minimum Gasteiger partial charge on any atom is -0.465 e. The molecule has 35 heavy (non-hydrogen) atoms. The van der Waals surface area contributed by atoms with Gasteiger partial charge < -0.3 is 20.6 Å². The number of anilines is 1. The van der Waals surface area contributed by atoms with Crippen molar-refractivity contribution in [2.75, 3.05) is 24.5 Å².